The third kappa shape index (κ3) is 5.16. The van der Waals surface area contributed by atoms with Crippen LogP contribution < -0.4 is 10.6 Å². The van der Waals surface area contributed by atoms with Crippen molar-refractivity contribution in [1.82, 2.24) is 15.3 Å². The molecule has 0 saturated carbocycles. The van der Waals surface area contributed by atoms with Gasteiger partial charge in [0, 0.05) is 22.9 Å². The van der Waals surface area contributed by atoms with Crippen LogP contribution in [0.25, 0.3) is 11.3 Å². The van der Waals surface area contributed by atoms with Crippen LogP contribution in [0, 0.1) is 12.7 Å². The van der Waals surface area contributed by atoms with E-state index in [0.29, 0.717) is 22.6 Å². The van der Waals surface area contributed by atoms with E-state index in [-0.39, 0.29) is 17.8 Å². The van der Waals surface area contributed by atoms with E-state index in [1.54, 1.807) is 30.3 Å². The van der Waals surface area contributed by atoms with Crippen molar-refractivity contribution in [2.75, 3.05) is 5.32 Å². The van der Waals surface area contributed by atoms with Gasteiger partial charge >= 0.3 is 0 Å². The number of aromatic nitrogens is 2. The van der Waals surface area contributed by atoms with E-state index < -0.39 is 0 Å². The molecule has 1 atom stereocenters. The van der Waals surface area contributed by atoms with Crippen LogP contribution in [0.15, 0.2) is 85.2 Å². The number of nitrogens with zero attached hydrogens (tertiary/aromatic N) is 2. The molecule has 160 valence electrons. The van der Waals surface area contributed by atoms with Crippen LogP contribution in [0.4, 0.5) is 15.9 Å². The first-order valence-corrected chi connectivity index (χ1v) is 10.3. The Kier molecular flexibility index (Phi) is 6.22. The third-order valence-corrected chi connectivity index (χ3v) is 5.13. The fraction of sp³-hybridized carbons (Fsp3) is 0.115. The van der Waals surface area contributed by atoms with Gasteiger partial charge in [-0.3, -0.25) is 4.79 Å². The standard InChI is InChI=1S/C26H23FN4O/c1-17-6-8-19(9-7-17)18(2)30-26(32)20-10-12-23(13-11-20)31-25-15-24(28-16-29-25)21-4-3-5-22(27)14-21/h3-16,18H,1-2H3,(H,30,32)(H,28,29,31). The Morgan fingerprint density at radius 1 is 0.938 bits per heavy atom. The van der Waals surface area contributed by atoms with Gasteiger partial charge in [0.25, 0.3) is 5.91 Å². The van der Waals surface area contributed by atoms with Crippen LogP contribution in [-0.4, -0.2) is 15.9 Å². The maximum Gasteiger partial charge on any atom is 0.251 e. The number of hydrogen-bond acceptors (Lipinski definition) is 4. The highest BCUT2D eigenvalue weighted by Crippen LogP contribution is 2.22. The second-order valence-electron chi connectivity index (χ2n) is 7.61. The van der Waals surface area contributed by atoms with Crippen LogP contribution in [-0.2, 0) is 0 Å². The van der Waals surface area contributed by atoms with Gasteiger partial charge in [0.05, 0.1) is 11.7 Å². The number of anilines is 2. The van der Waals surface area contributed by atoms with Crippen molar-refractivity contribution in [3.05, 3.63) is 108 Å². The van der Waals surface area contributed by atoms with Crippen LogP contribution in [0.5, 0.6) is 0 Å². The largest absolute Gasteiger partial charge is 0.346 e. The molecule has 32 heavy (non-hydrogen) atoms. The second kappa shape index (κ2) is 9.39. The van der Waals surface area contributed by atoms with Crippen LogP contribution in [0.2, 0.25) is 0 Å². The van der Waals surface area contributed by atoms with Gasteiger partial charge in [0.1, 0.15) is 18.0 Å². The normalized spacial score (nSPS) is 11.6. The lowest BCUT2D eigenvalue weighted by Crippen LogP contribution is -2.26. The van der Waals surface area contributed by atoms with Crippen LogP contribution in [0.3, 0.4) is 0 Å². The Morgan fingerprint density at radius 2 is 1.69 bits per heavy atom. The number of benzene rings is 3. The van der Waals surface area contributed by atoms with Crippen molar-refractivity contribution >= 4 is 17.4 Å². The number of halogens is 1. The molecule has 6 heteroatoms. The lowest BCUT2D eigenvalue weighted by Gasteiger charge is -2.15. The zero-order valence-corrected chi connectivity index (χ0v) is 17.8. The molecule has 0 fully saturated rings. The van der Waals surface area contributed by atoms with E-state index >= 15 is 0 Å². The Labute approximate surface area is 186 Å². The zero-order valence-electron chi connectivity index (χ0n) is 17.8. The number of carbonyl (C=O) groups is 1. The maximum atomic E-state index is 13.5. The predicted octanol–water partition coefficient (Wildman–Crippen LogP) is 5.83. The molecule has 5 nitrogen and oxygen atoms in total. The molecule has 0 aliphatic rings. The summed E-state index contributed by atoms with van der Waals surface area (Å²) in [5, 5.41) is 6.21. The van der Waals surface area contributed by atoms with E-state index in [1.807, 2.05) is 50.2 Å². The minimum absolute atomic E-state index is 0.0943. The average Bonchev–Trinajstić information content (AvgIpc) is 2.80. The summed E-state index contributed by atoms with van der Waals surface area (Å²) in [5.41, 5.74) is 4.87. The summed E-state index contributed by atoms with van der Waals surface area (Å²) in [4.78, 5) is 21.1. The summed E-state index contributed by atoms with van der Waals surface area (Å²) >= 11 is 0. The number of amides is 1. The van der Waals surface area contributed by atoms with Gasteiger partial charge in [-0.1, -0.05) is 42.0 Å². The molecule has 4 aromatic rings. The highest BCUT2D eigenvalue weighted by molar-refractivity contribution is 5.94. The van der Waals surface area contributed by atoms with Gasteiger partial charge < -0.3 is 10.6 Å². The Balaban J connectivity index is 1.42. The monoisotopic (exact) mass is 426 g/mol. The number of nitrogens with one attached hydrogen (secondary N) is 2. The number of aryl methyl sites for hydroxylation is 1. The number of hydrogen-bond donors (Lipinski definition) is 2. The molecule has 2 N–H and O–H groups in total. The predicted molar refractivity (Wildman–Crippen MR) is 124 cm³/mol. The maximum absolute atomic E-state index is 13.5. The summed E-state index contributed by atoms with van der Waals surface area (Å²) < 4.78 is 13.5. The summed E-state index contributed by atoms with van der Waals surface area (Å²) in [7, 11) is 0. The molecule has 1 aromatic heterocycles. The first-order chi connectivity index (χ1) is 15.5. The van der Waals surface area contributed by atoms with Crippen LogP contribution in [0.1, 0.15) is 34.5 Å². The Hall–Kier alpha value is -4.06. The SMILES string of the molecule is Cc1ccc(C(C)NC(=O)c2ccc(Nc3cc(-c4cccc(F)c4)ncn3)cc2)cc1. The van der Waals surface area contributed by atoms with Gasteiger partial charge in [0.15, 0.2) is 0 Å². The highest BCUT2D eigenvalue weighted by Gasteiger charge is 2.11. The smallest absolute Gasteiger partial charge is 0.251 e. The second-order valence-corrected chi connectivity index (χ2v) is 7.61. The summed E-state index contributed by atoms with van der Waals surface area (Å²) in [6, 6.07) is 23.2. The number of rotatable bonds is 6. The van der Waals surface area contributed by atoms with E-state index in [2.05, 4.69) is 20.6 Å². The molecule has 3 aromatic carbocycles. The molecule has 0 aliphatic heterocycles. The minimum atomic E-state index is -0.318. The lowest BCUT2D eigenvalue weighted by atomic mass is 10.1. The van der Waals surface area contributed by atoms with Crippen molar-refractivity contribution < 1.29 is 9.18 Å². The quantitative estimate of drug-likeness (QED) is 0.407. The van der Waals surface area contributed by atoms with E-state index in [4.69, 9.17) is 0 Å². The van der Waals surface area contributed by atoms with Gasteiger partial charge in [0.2, 0.25) is 0 Å². The van der Waals surface area contributed by atoms with E-state index in [0.717, 1.165) is 11.3 Å². The fourth-order valence-electron chi connectivity index (χ4n) is 3.30. The minimum Gasteiger partial charge on any atom is -0.346 e. The molecule has 0 saturated heterocycles. The van der Waals surface area contributed by atoms with Crippen molar-refractivity contribution in [2.24, 2.45) is 0 Å². The summed E-state index contributed by atoms with van der Waals surface area (Å²) in [6.45, 7) is 4.00. The van der Waals surface area contributed by atoms with Crippen molar-refractivity contribution in [1.29, 1.82) is 0 Å². The molecule has 4 rings (SSSR count). The van der Waals surface area contributed by atoms with E-state index in [1.165, 1.54) is 24.0 Å². The van der Waals surface area contributed by atoms with Crippen molar-refractivity contribution in [3.8, 4) is 11.3 Å². The third-order valence-electron chi connectivity index (χ3n) is 5.13. The molecule has 0 bridgehead atoms. The Morgan fingerprint density at radius 3 is 2.41 bits per heavy atom. The van der Waals surface area contributed by atoms with Crippen molar-refractivity contribution in [3.63, 3.8) is 0 Å². The molecule has 1 heterocycles. The summed E-state index contributed by atoms with van der Waals surface area (Å²) in [5.74, 6) is 0.116. The summed E-state index contributed by atoms with van der Waals surface area (Å²) in [6.07, 6.45) is 1.43. The molecular weight excluding hydrogens is 403 g/mol. The van der Waals surface area contributed by atoms with Crippen molar-refractivity contribution in [2.45, 2.75) is 19.9 Å². The molecule has 0 radical (unpaired) electrons. The van der Waals surface area contributed by atoms with Crippen LogP contribution >= 0.6 is 0 Å². The molecule has 1 amide bonds. The average molecular weight is 426 g/mol. The topological polar surface area (TPSA) is 66.9 Å². The Bertz CT molecular complexity index is 1220. The zero-order chi connectivity index (χ0) is 22.5. The van der Waals surface area contributed by atoms with Gasteiger partial charge in [-0.15, -0.1) is 0 Å². The lowest BCUT2D eigenvalue weighted by molar-refractivity contribution is 0.0940. The van der Waals surface area contributed by atoms with Gasteiger partial charge in [-0.2, -0.15) is 0 Å². The molecular formula is C26H23FN4O. The van der Waals surface area contributed by atoms with Gasteiger partial charge in [-0.25, -0.2) is 14.4 Å². The fourth-order valence-corrected chi connectivity index (χ4v) is 3.30. The van der Waals surface area contributed by atoms with E-state index in [9.17, 15) is 9.18 Å². The first kappa shape index (κ1) is 21.2. The molecule has 0 spiro atoms. The van der Waals surface area contributed by atoms with Gasteiger partial charge in [-0.05, 0) is 55.8 Å². The molecule has 1 unspecified atom stereocenters. The number of carbonyl (C=O) groups excluding carboxylic acids is 1. The highest BCUT2D eigenvalue weighted by atomic mass is 19.1. The molecule has 0 aliphatic carbocycles. The first-order valence-electron chi connectivity index (χ1n) is 10.3.